The average Bonchev–Trinajstić information content (AvgIpc) is 2.44. The number of pyridine rings is 1. The van der Waals surface area contributed by atoms with E-state index in [1.807, 2.05) is 6.92 Å². The number of benzene rings is 1. The van der Waals surface area contributed by atoms with Gasteiger partial charge in [0.15, 0.2) is 0 Å². The van der Waals surface area contributed by atoms with Gasteiger partial charge in [-0.15, -0.1) is 0 Å². The van der Waals surface area contributed by atoms with Crippen LogP contribution in [-0.2, 0) is 0 Å². The van der Waals surface area contributed by atoms with Gasteiger partial charge >= 0.3 is 0 Å². The summed E-state index contributed by atoms with van der Waals surface area (Å²) in [6, 6.07) is 8.57. The summed E-state index contributed by atoms with van der Waals surface area (Å²) in [6.45, 7) is 2.51. The molecule has 2 rings (SSSR count). The molecule has 5 nitrogen and oxygen atoms in total. The maximum Gasteiger partial charge on any atom is 0.257 e. The molecule has 20 heavy (non-hydrogen) atoms. The second-order valence-corrected chi connectivity index (χ2v) is 4.41. The zero-order valence-electron chi connectivity index (χ0n) is 10.9. The van der Waals surface area contributed by atoms with Crippen molar-refractivity contribution in [2.45, 2.75) is 6.92 Å². The SMILES string of the molecule is CCOc1ccc(NC(=O)c2cnc(N)c(Cl)c2)cc1. The van der Waals surface area contributed by atoms with E-state index in [0.29, 0.717) is 17.9 Å². The maximum absolute atomic E-state index is 12.0. The Labute approximate surface area is 121 Å². The summed E-state index contributed by atoms with van der Waals surface area (Å²) in [5, 5.41) is 2.99. The number of carbonyl (C=O) groups excluding carboxylic acids is 1. The largest absolute Gasteiger partial charge is 0.494 e. The first kappa shape index (κ1) is 14.1. The summed E-state index contributed by atoms with van der Waals surface area (Å²) in [6.07, 6.45) is 1.38. The number of anilines is 2. The zero-order valence-corrected chi connectivity index (χ0v) is 11.6. The molecule has 0 saturated heterocycles. The molecule has 0 radical (unpaired) electrons. The lowest BCUT2D eigenvalue weighted by molar-refractivity contribution is 0.102. The number of nitrogens with zero attached hydrogens (tertiary/aromatic N) is 1. The third kappa shape index (κ3) is 3.39. The molecule has 0 aliphatic carbocycles. The Bertz CT molecular complexity index is 614. The van der Waals surface area contributed by atoms with Crippen LogP contribution in [0.25, 0.3) is 0 Å². The van der Waals surface area contributed by atoms with Crippen LogP contribution in [-0.4, -0.2) is 17.5 Å². The third-order valence-electron chi connectivity index (χ3n) is 2.56. The first-order valence-corrected chi connectivity index (χ1v) is 6.43. The van der Waals surface area contributed by atoms with E-state index >= 15 is 0 Å². The summed E-state index contributed by atoms with van der Waals surface area (Å²) in [5.41, 5.74) is 6.50. The Hall–Kier alpha value is -2.27. The summed E-state index contributed by atoms with van der Waals surface area (Å²) in [4.78, 5) is 15.9. The standard InChI is InChI=1S/C14H14ClN3O2/c1-2-20-11-5-3-10(4-6-11)18-14(19)9-7-12(15)13(16)17-8-9/h3-8H,2H2,1H3,(H2,16,17)(H,18,19). The highest BCUT2D eigenvalue weighted by molar-refractivity contribution is 6.33. The molecular weight excluding hydrogens is 278 g/mol. The van der Waals surface area contributed by atoms with Gasteiger partial charge in [0.2, 0.25) is 0 Å². The number of aromatic nitrogens is 1. The number of rotatable bonds is 4. The Morgan fingerprint density at radius 1 is 1.40 bits per heavy atom. The van der Waals surface area contributed by atoms with Crippen LogP contribution in [0.4, 0.5) is 11.5 Å². The van der Waals surface area contributed by atoms with E-state index in [4.69, 9.17) is 22.1 Å². The van der Waals surface area contributed by atoms with Crippen molar-refractivity contribution in [3.63, 3.8) is 0 Å². The Balaban J connectivity index is 2.08. The number of halogens is 1. The highest BCUT2D eigenvalue weighted by atomic mass is 35.5. The van der Waals surface area contributed by atoms with Gasteiger partial charge in [-0.1, -0.05) is 11.6 Å². The molecule has 0 aliphatic heterocycles. The lowest BCUT2D eigenvalue weighted by Gasteiger charge is -2.07. The molecule has 6 heteroatoms. The van der Waals surface area contributed by atoms with Crippen molar-refractivity contribution in [3.05, 3.63) is 47.1 Å². The molecule has 0 spiro atoms. The van der Waals surface area contributed by atoms with Gasteiger partial charge in [0.05, 0.1) is 17.2 Å². The lowest BCUT2D eigenvalue weighted by atomic mass is 10.2. The molecular formula is C14H14ClN3O2. The van der Waals surface area contributed by atoms with Crippen molar-refractivity contribution in [1.82, 2.24) is 4.98 Å². The second-order valence-electron chi connectivity index (χ2n) is 4.00. The van der Waals surface area contributed by atoms with E-state index in [2.05, 4.69) is 10.3 Å². The van der Waals surface area contributed by atoms with E-state index in [1.165, 1.54) is 12.3 Å². The van der Waals surface area contributed by atoms with Crippen LogP contribution in [0.15, 0.2) is 36.5 Å². The molecule has 3 N–H and O–H groups in total. The molecule has 1 aromatic heterocycles. The molecule has 2 aromatic rings. The predicted octanol–water partition coefficient (Wildman–Crippen LogP) is 2.97. The molecule has 1 aromatic carbocycles. The molecule has 104 valence electrons. The quantitative estimate of drug-likeness (QED) is 0.908. The van der Waals surface area contributed by atoms with Crippen LogP contribution < -0.4 is 15.8 Å². The number of hydrogen-bond acceptors (Lipinski definition) is 4. The summed E-state index contributed by atoms with van der Waals surface area (Å²) < 4.78 is 5.33. The van der Waals surface area contributed by atoms with Gasteiger partial charge < -0.3 is 15.8 Å². The van der Waals surface area contributed by atoms with Crippen molar-refractivity contribution < 1.29 is 9.53 Å². The molecule has 0 saturated carbocycles. The molecule has 0 atom stereocenters. The van der Waals surface area contributed by atoms with Crippen LogP contribution in [0.2, 0.25) is 5.02 Å². The highest BCUT2D eigenvalue weighted by Gasteiger charge is 2.09. The van der Waals surface area contributed by atoms with Gasteiger partial charge in [0, 0.05) is 11.9 Å². The van der Waals surface area contributed by atoms with E-state index < -0.39 is 0 Å². The average molecular weight is 292 g/mol. The number of nitrogens with two attached hydrogens (primary N) is 1. The number of nitrogen functional groups attached to an aromatic ring is 1. The second kappa shape index (κ2) is 6.25. The lowest BCUT2D eigenvalue weighted by Crippen LogP contribution is -2.12. The van der Waals surface area contributed by atoms with Crippen LogP contribution in [0.1, 0.15) is 17.3 Å². The number of carbonyl (C=O) groups is 1. The van der Waals surface area contributed by atoms with Crippen LogP contribution in [0, 0.1) is 0 Å². The van der Waals surface area contributed by atoms with Gasteiger partial charge in [-0.3, -0.25) is 4.79 Å². The van der Waals surface area contributed by atoms with Crippen LogP contribution >= 0.6 is 11.6 Å². The summed E-state index contributed by atoms with van der Waals surface area (Å²) in [5.74, 6) is 0.649. The number of ether oxygens (including phenoxy) is 1. The fraction of sp³-hybridized carbons (Fsp3) is 0.143. The van der Waals surface area contributed by atoms with Crippen molar-refractivity contribution in [2.24, 2.45) is 0 Å². The predicted molar refractivity (Wildman–Crippen MR) is 79.2 cm³/mol. The van der Waals surface area contributed by atoms with Crippen molar-refractivity contribution >= 4 is 29.0 Å². The third-order valence-corrected chi connectivity index (χ3v) is 2.86. The number of nitrogens with one attached hydrogen (secondary N) is 1. The van der Waals surface area contributed by atoms with Crippen molar-refractivity contribution in [2.75, 3.05) is 17.7 Å². The van der Waals surface area contributed by atoms with Crippen molar-refractivity contribution in [3.8, 4) is 5.75 Å². The Kier molecular flexibility index (Phi) is 4.42. The Morgan fingerprint density at radius 2 is 2.10 bits per heavy atom. The molecule has 0 bridgehead atoms. The molecule has 1 heterocycles. The highest BCUT2D eigenvalue weighted by Crippen LogP contribution is 2.19. The Morgan fingerprint density at radius 3 is 2.70 bits per heavy atom. The van der Waals surface area contributed by atoms with Gasteiger partial charge in [0.25, 0.3) is 5.91 Å². The smallest absolute Gasteiger partial charge is 0.257 e. The minimum absolute atomic E-state index is 0.198. The molecule has 0 fully saturated rings. The molecule has 1 amide bonds. The zero-order chi connectivity index (χ0) is 14.5. The summed E-state index contributed by atoms with van der Waals surface area (Å²) in [7, 11) is 0. The van der Waals surface area contributed by atoms with E-state index in [1.54, 1.807) is 24.3 Å². The monoisotopic (exact) mass is 291 g/mol. The first-order chi connectivity index (χ1) is 9.60. The van der Waals surface area contributed by atoms with E-state index in [9.17, 15) is 4.79 Å². The van der Waals surface area contributed by atoms with E-state index in [0.717, 1.165) is 5.75 Å². The topological polar surface area (TPSA) is 77.2 Å². The van der Waals surface area contributed by atoms with Gasteiger partial charge in [-0.25, -0.2) is 4.98 Å². The maximum atomic E-state index is 12.0. The molecule has 0 aliphatic rings. The number of amides is 1. The normalized spacial score (nSPS) is 10.1. The summed E-state index contributed by atoms with van der Waals surface area (Å²) >= 11 is 5.83. The minimum atomic E-state index is -0.302. The van der Waals surface area contributed by atoms with Crippen molar-refractivity contribution in [1.29, 1.82) is 0 Å². The van der Waals surface area contributed by atoms with Gasteiger partial charge in [0.1, 0.15) is 11.6 Å². The fourth-order valence-corrected chi connectivity index (χ4v) is 1.74. The molecule has 0 unspecified atom stereocenters. The van der Waals surface area contributed by atoms with E-state index in [-0.39, 0.29) is 16.7 Å². The number of hydrogen-bond donors (Lipinski definition) is 2. The first-order valence-electron chi connectivity index (χ1n) is 6.05. The fourth-order valence-electron chi connectivity index (χ4n) is 1.58. The van der Waals surface area contributed by atoms with Crippen LogP contribution in [0.5, 0.6) is 5.75 Å². The van der Waals surface area contributed by atoms with Gasteiger partial charge in [-0.2, -0.15) is 0 Å². The van der Waals surface area contributed by atoms with Crippen LogP contribution in [0.3, 0.4) is 0 Å². The minimum Gasteiger partial charge on any atom is -0.494 e. The van der Waals surface area contributed by atoms with Gasteiger partial charge in [-0.05, 0) is 37.3 Å².